The number of nitrogens with zero attached hydrogens (tertiary/aromatic N) is 1. The molecule has 182 valence electrons. The molecular formula is C23H40N4O5. The molecule has 9 heteroatoms. The van der Waals surface area contributed by atoms with Crippen LogP contribution in [0.3, 0.4) is 0 Å². The molecule has 1 aliphatic heterocycles. The van der Waals surface area contributed by atoms with Crippen LogP contribution in [-0.2, 0) is 19.1 Å². The molecule has 0 spiro atoms. The number of ether oxygens (including phenoxy) is 1. The molecule has 0 bridgehead atoms. The maximum absolute atomic E-state index is 13.0. The van der Waals surface area contributed by atoms with Crippen LogP contribution >= 0.6 is 0 Å². The monoisotopic (exact) mass is 452 g/mol. The lowest BCUT2D eigenvalue weighted by molar-refractivity contribution is -0.141. The van der Waals surface area contributed by atoms with Gasteiger partial charge in [0.25, 0.3) is 0 Å². The number of urea groups is 1. The zero-order valence-electron chi connectivity index (χ0n) is 20.0. The molecule has 4 amide bonds. The molecule has 3 N–H and O–H groups in total. The van der Waals surface area contributed by atoms with E-state index in [9.17, 15) is 19.2 Å². The van der Waals surface area contributed by atoms with E-state index in [0.29, 0.717) is 32.4 Å². The topological polar surface area (TPSA) is 117 Å². The van der Waals surface area contributed by atoms with Gasteiger partial charge in [-0.15, -0.1) is 0 Å². The first kappa shape index (κ1) is 25.9. The van der Waals surface area contributed by atoms with E-state index in [0.717, 1.165) is 25.7 Å². The third kappa shape index (κ3) is 8.31. The lowest BCUT2D eigenvalue weighted by atomic mass is 9.91. The standard InChI is InChI=1S/C23H40N4O5/c1-23(2,3)15-18(28)27-14-12-17(26-22(31)25-16-9-6-5-7-10-16)20(27)21(30)24-13-8-11-19(29)32-4/h16-17,20H,5-15H2,1-4H3,(H,24,30)(H2,25,26,31). The highest BCUT2D eigenvalue weighted by molar-refractivity contribution is 5.90. The zero-order valence-corrected chi connectivity index (χ0v) is 20.0. The number of methoxy groups -OCH3 is 1. The van der Waals surface area contributed by atoms with Gasteiger partial charge >= 0.3 is 12.0 Å². The van der Waals surface area contributed by atoms with Crippen molar-refractivity contribution in [2.75, 3.05) is 20.2 Å². The maximum atomic E-state index is 13.0. The van der Waals surface area contributed by atoms with E-state index in [4.69, 9.17) is 0 Å². The smallest absolute Gasteiger partial charge is 0.315 e. The summed E-state index contributed by atoms with van der Waals surface area (Å²) in [5.74, 6) is -0.734. The fourth-order valence-corrected chi connectivity index (χ4v) is 4.40. The van der Waals surface area contributed by atoms with Crippen LogP contribution in [-0.4, -0.2) is 67.0 Å². The third-order valence-electron chi connectivity index (χ3n) is 6.01. The zero-order chi connectivity index (χ0) is 23.7. The van der Waals surface area contributed by atoms with Crippen molar-refractivity contribution in [2.24, 2.45) is 5.41 Å². The number of likely N-dealkylation sites (tertiary alicyclic amines) is 1. The van der Waals surface area contributed by atoms with Crippen LogP contribution in [0.15, 0.2) is 0 Å². The summed E-state index contributed by atoms with van der Waals surface area (Å²) < 4.78 is 4.62. The summed E-state index contributed by atoms with van der Waals surface area (Å²) in [6.45, 7) is 6.67. The second-order valence-corrected chi connectivity index (χ2v) is 10.1. The first-order chi connectivity index (χ1) is 15.1. The lowest BCUT2D eigenvalue weighted by Crippen LogP contribution is -2.57. The highest BCUT2D eigenvalue weighted by atomic mass is 16.5. The van der Waals surface area contributed by atoms with Crippen LogP contribution in [0, 0.1) is 5.41 Å². The maximum Gasteiger partial charge on any atom is 0.315 e. The predicted molar refractivity (Wildman–Crippen MR) is 121 cm³/mol. The molecular weight excluding hydrogens is 412 g/mol. The Balaban J connectivity index is 2.00. The summed E-state index contributed by atoms with van der Waals surface area (Å²) in [5.41, 5.74) is -0.206. The average molecular weight is 453 g/mol. The minimum Gasteiger partial charge on any atom is -0.469 e. The Morgan fingerprint density at radius 3 is 2.31 bits per heavy atom. The first-order valence-corrected chi connectivity index (χ1v) is 11.8. The largest absolute Gasteiger partial charge is 0.469 e. The van der Waals surface area contributed by atoms with E-state index in [2.05, 4.69) is 20.7 Å². The lowest BCUT2D eigenvalue weighted by Gasteiger charge is -2.30. The Morgan fingerprint density at radius 1 is 1.00 bits per heavy atom. The van der Waals surface area contributed by atoms with E-state index >= 15 is 0 Å². The van der Waals surface area contributed by atoms with Crippen LogP contribution in [0.1, 0.15) is 78.6 Å². The van der Waals surface area contributed by atoms with Crippen molar-refractivity contribution in [3.8, 4) is 0 Å². The minimum absolute atomic E-state index is 0.0933. The molecule has 1 saturated carbocycles. The van der Waals surface area contributed by atoms with E-state index in [1.807, 2.05) is 20.8 Å². The van der Waals surface area contributed by atoms with Gasteiger partial charge in [0.2, 0.25) is 11.8 Å². The molecule has 2 aliphatic rings. The molecule has 2 unspecified atom stereocenters. The van der Waals surface area contributed by atoms with Gasteiger partial charge in [-0.05, 0) is 31.1 Å². The van der Waals surface area contributed by atoms with Crippen LogP contribution in [0.25, 0.3) is 0 Å². The molecule has 0 aromatic carbocycles. The van der Waals surface area contributed by atoms with Gasteiger partial charge < -0.3 is 25.6 Å². The van der Waals surface area contributed by atoms with Crippen LogP contribution < -0.4 is 16.0 Å². The van der Waals surface area contributed by atoms with Crippen molar-refractivity contribution in [1.29, 1.82) is 0 Å². The Bertz CT molecular complexity index is 670. The number of esters is 1. The second kappa shape index (κ2) is 12.1. The average Bonchev–Trinajstić information content (AvgIpc) is 3.14. The number of rotatable bonds is 8. The molecule has 0 aromatic heterocycles. The van der Waals surface area contributed by atoms with Crippen molar-refractivity contribution in [1.82, 2.24) is 20.9 Å². The molecule has 2 fully saturated rings. The van der Waals surface area contributed by atoms with E-state index in [1.165, 1.54) is 13.5 Å². The summed E-state index contributed by atoms with van der Waals surface area (Å²) in [5, 5.41) is 8.79. The van der Waals surface area contributed by atoms with Gasteiger partial charge in [-0.25, -0.2) is 4.79 Å². The SMILES string of the molecule is COC(=O)CCCNC(=O)C1C(NC(=O)NC2CCCCC2)CCN1C(=O)CC(C)(C)C. The fraction of sp³-hybridized carbons (Fsp3) is 0.826. The van der Waals surface area contributed by atoms with E-state index in [-0.39, 0.29) is 41.7 Å². The minimum atomic E-state index is -0.764. The van der Waals surface area contributed by atoms with Gasteiger partial charge in [0.05, 0.1) is 13.2 Å². The van der Waals surface area contributed by atoms with Crippen molar-refractivity contribution in [3.63, 3.8) is 0 Å². The Morgan fingerprint density at radius 2 is 1.69 bits per heavy atom. The summed E-state index contributed by atoms with van der Waals surface area (Å²) in [4.78, 5) is 51.4. The van der Waals surface area contributed by atoms with Crippen molar-refractivity contribution < 1.29 is 23.9 Å². The number of hydrogen-bond acceptors (Lipinski definition) is 5. The second-order valence-electron chi connectivity index (χ2n) is 10.1. The van der Waals surface area contributed by atoms with Crippen LogP contribution in [0.4, 0.5) is 4.79 Å². The van der Waals surface area contributed by atoms with Gasteiger partial charge in [-0.3, -0.25) is 14.4 Å². The van der Waals surface area contributed by atoms with Gasteiger partial charge in [0.1, 0.15) is 6.04 Å². The molecule has 2 atom stereocenters. The Kier molecular flexibility index (Phi) is 9.78. The van der Waals surface area contributed by atoms with E-state index in [1.54, 1.807) is 4.90 Å². The normalized spacial score (nSPS) is 21.7. The fourth-order valence-electron chi connectivity index (χ4n) is 4.40. The Labute approximate surface area is 191 Å². The molecule has 1 aliphatic carbocycles. The molecule has 32 heavy (non-hydrogen) atoms. The highest BCUT2D eigenvalue weighted by Gasteiger charge is 2.43. The summed E-state index contributed by atoms with van der Waals surface area (Å²) in [7, 11) is 1.33. The molecule has 0 radical (unpaired) electrons. The number of carbonyl (C=O) groups excluding carboxylic acids is 4. The van der Waals surface area contributed by atoms with Crippen molar-refractivity contribution in [2.45, 2.75) is 96.7 Å². The quantitative estimate of drug-likeness (QED) is 0.385. The number of nitrogens with one attached hydrogen (secondary N) is 3. The molecule has 1 saturated heterocycles. The summed E-state index contributed by atoms with van der Waals surface area (Å²) in [6.07, 6.45) is 6.86. The molecule has 9 nitrogen and oxygen atoms in total. The molecule has 1 heterocycles. The number of hydrogen-bond donors (Lipinski definition) is 3. The van der Waals surface area contributed by atoms with Crippen LogP contribution in [0.5, 0.6) is 0 Å². The predicted octanol–water partition coefficient (Wildman–Crippen LogP) is 2.09. The van der Waals surface area contributed by atoms with Gasteiger partial charge in [0.15, 0.2) is 0 Å². The molecule has 2 rings (SSSR count). The van der Waals surface area contributed by atoms with Gasteiger partial charge in [-0.2, -0.15) is 0 Å². The highest BCUT2D eigenvalue weighted by Crippen LogP contribution is 2.25. The van der Waals surface area contributed by atoms with Crippen LogP contribution in [0.2, 0.25) is 0 Å². The number of amides is 4. The Hall–Kier alpha value is -2.32. The van der Waals surface area contributed by atoms with Gasteiger partial charge in [-0.1, -0.05) is 40.0 Å². The van der Waals surface area contributed by atoms with Gasteiger partial charge in [0, 0.05) is 32.0 Å². The first-order valence-electron chi connectivity index (χ1n) is 11.8. The third-order valence-corrected chi connectivity index (χ3v) is 6.01. The summed E-state index contributed by atoms with van der Waals surface area (Å²) >= 11 is 0. The van der Waals surface area contributed by atoms with E-state index < -0.39 is 12.1 Å². The van der Waals surface area contributed by atoms with Crippen molar-refractivity contribution in [3.05, 3.63) is 0 Å². The van der Waals surface area contributed by atoms with Crippen molar-refractivity contribution >= 4 is 23.8 Å². The summed E-state index contributed by atoms with van der Waals surface area (Å²) in [6, 6.07) is -1.34. The molecule has 0 aromatic rings. The number of carbonyl (C=O) groups is 4.